The molecule has 0 aliphatic carbocycles. The van der Waals surface area contributed by atoms with Crippen LogP contribution in [-0.2, 0) is 4.79 Å². The van der Waals surface area contributed by atoms with Crippen molar-refractivity contribution in [1.82, 2.24) is 0 Å². The van der Waals surface area contributed by atoms with E-state index in [1.165, 1.54) is 5.69 Å². The van der Waals surface area contributed by atoms with E-state index in [-0.39, 0.29) is 11.8 Å². The summed E-state index contributed by atoms with van der Waals surface area (Å²) in [6, 6.07) is 12.3. The van der Waals surface area contributed by atoms with Crippen LogP contribution in [0.1, 0.15) is 37.3 Å². The monoisotopic (exact) mass is 354 g/mol. The number of anilines is 2. The highest BCUT2D eigenvalue weighted by atomic mass is 16.5. The summed E-state index contributed by atoms with van der Waals surface area (Å²) < 4.78 is 10.8. The van der Waals surface area contributed by atoms with Gasteiger partial charge >= 0.3 is 0 Å². The first-order chi connectivity index (χ1) is 12.6. The van der Waals surface area contributed by atoms with Crippen molar-refractivity contribution in [1.29, 1.82) is 0 Å². The molecule has 3 rings (SSSR count). The second-order valence-corrected chi connectivity index (χ2v) is 6.36. The molecular formula is C21H26N2O3. The molecule has 1 atom stereocenters. The van der Waals surface area contributed by atoms with Crippen LogP contribution in [0.4, 0.5) is 11.4 Å². The molecule has 0 unspecified atom stereocenters. The lowest BCUT2D eigenvalue weighted by molar-refractivity contribution is -0.116. The van der Waals surface area contributed by atoms with Gasteiger partial charge in [-0.3, -0.25) is 4.79 Å². The zero-order chi connectivity index (χ0) is 18.7. The van der Waals surface area contributed by atoms with Crippen molar-refractivity contribution in [2.45, 2.75) is 26.2 Å². The van der Waals surface area contributed by atoms with Gasteiger partial charge in [0, 0.05) is 42.9 Å². The van der Waals surface area contributed by atoms with E-state index >= 15 is 0 Å². The summed E-state index contributed by atoms with van der Waals surface area (Å²) in [6.07, 6.45) is 0.424. The van der Waals surface area contributed by atoms with Crippen molar-refractivity contribution < 1.29 is 14.3 Å². The van der Waals surface area contributed by atoms with E-state index in [2.05, 4.69) is 48.3 Å². The number of methoxy groups -OCH3 is 2. The number of amides is 1. The van der Waals surface area contributed by atoms with Crippen molar-refractivity contribution in [3.63, 3.8) is 0 Å². The van der Waals surface area contributed by atoms with E-state index in [4.69, 9.17) is 9.47 Å². The lowest BCUT2D eigenvalue weighted by Crippen LogP contribution is -2.24. The summed E-state index contributed by atoms with van der Waals surface area (Å²) in [5, 5.41) is 2.95. The Morgan fingerprint density at radius 1 is 1.04 bits per heavy atom. The maximum Gasteiger partial charge on any atom is 0.225 e. The van der Waals surface area contributed by atoms with Gasteiger partial charge in [0.05, 0.1) is 14.2 Å². The molecule has 0 fully saturated rings. The number of fused-ring (bicyclic) bond motifs is 1. The van der Waals surface area contributed by atoms with Gasteiger partial charge in [0.25, 0.3) is 0 Å². The third kappa shape index (κ3) is 3.34. The van der Waals surface area contributed by atoms with Gasteiger partial charge in [0.15, 0.2) is 11.5 Å². The number of nitrogens with one attached hydrogen (secondary N) is 1. The van der Waals surface area contributed by atoms with Crippen molar-refractivity contribution in [3.05, 3.63) is 47.5 Å². The van der Waals surface area contributed by atoms with Crippen LogP contribution in [0, 0.1) is 0 Å². The number of carbonyl (C=O) groups is 1. The minimum absolute atomic E-state index is 0.00399. The molecule has 0 spiro atoms. The van der Waals surface area contributed by atoms with Gasteiger partial charge in [-0.1, -0.05) is 12.1 Å². The van der Waals surface area contributed by atoms with Gasteiger partial charge in [-0.05, 0) is 43.2 Å². The predicted octanol–water partition coefficient (Wildman–Crippen LogP) is 4.02. The highest BCUT2D eigenvalue weighted by molar-refractivity contribution is 5.96. The zero-order valence-corrected chi connectivity index (χ0v) is 15.8. The number of rotatable bonds is 6. The van der Waals surface area contributed by atoms with E-state index in [9.17, 15) is 4.79 Å². The van der Waals surface area contributed by atoms with Crippen LogP contribution >= 0.6 is 0 Å². The fourth-order valence-corrected chi connectivity index (χ4v) is 3.59. The number of nitrogens with zero attached hydrogens (tertiary/aromatic N) is 1. The van der Waals surface area contributed by atoms with Crippen molar-refractivity contribution in [3.8, 4) is 11.5 Å². The van der Waals surface area contributed by atoms with Crippen LogP contribution in [0.5, 0.6) is 11.5 Å². The van der Waals surface area contributed by atoms with E-state index in [0.29, 0.717) is 17.9 Å². The van der Waals surface area contributed by atoms with Crippen LogP contribution in [-0.4, -0.2) is 33.2 Å². The van der Waals surface area contributed by atoms with Crippen LogP contribution in [0.2, 0.25) is 0 Å². The van der Waals surface area contributed by atoms with E-state index in [1.54, 1.807) is 14.2 Å². The molecular weight excluding hydrogens is 328 g/mol. The molecule has 1 N–H and O–H groups in total. The number of ether oxygens (including phenoxy) is 2. The molecule has 0 saturated heterocycles. The second kappa shape index (κ2) is 7.68. The molecule has 1 aliphatic heterocycles. The molecule has 1 heterocycles. The van der Waals surface area contributed by atoms with Gasteiger partial charge in [-0.2, -0.15) is 0 Å². The summed E-state index contributed by atoms with van der Waals surface area (Å²) in [5.74, 6) is 1.31. The highest BCUT2D eigenvalue weighted by Crippen LogP contribution is 2.43. The van der Waals surface area contributed by atoms with Crippen molar-refractivity contribution >= 4 is 17.3 Å². The van der Waals surface area contributed by atoms with Crippen molar-refractivity contribution in [2.75, 3.05) is 37.5 Å². The van der Waals surface area contributed by atoms with Gasteiger partial charge < -0.3 is 19.7 Å². The molecule has 0 saturated carbocycles. The van der Waals surface area contributed by atoms with Gasteiger partial charge in [0.1, 0.15) is 0 Å². The summed E-state index contributed by atoms with van der Waals surface area (Å²) >= 11 is 0. The number of hydrogen-bond acceptors (Lipinski definition) is 4. The standard InChI is InChI=1S/C21H26N2O3/c1-5-23(6-2)15-9-7-14(8-10-15)16-12-21(24)22-18-13-20(26-4)19(25-3)11-17(16)18/h7-11,13,16H,5-6,12H2,1-4H3,(H,22,24)/t16-/m0/s1. The largest absolute Gasteiger partial charge is 0.493 e. The Bertz CT molecular complexity index is 783. The molecule has 2 aromatic carbocycles. The SMILES string of the molecule is CCN(CC)c1ccc([C@@H]2CC(=O)Nc3cc(OC)c(OC)cc32)cc1. The normalized spacial score (nSPS) is 15.8. The molecule has 5 nitrogen and oxygen atoms in total. The lowest BCUT2D eigenvalue weighted by atomic mass is 9.84. The van der Waals surface area contributed by atoms with E-state index in [0.717, 1.165) is 29.9 Å². The second-order valence-electron chi connectivity index (χ2n) is 6.36. The van der Waals surface area contributed by atoms with Crippen molar-refractivity contribution in [2.24, 2.45) is 0 Å². The fraction of sp³-hybridized carbons (Fsp3) is 0.381. The van der Waals surface area contributed by atoms with Crippen LogP contribution in [0.25, 0.3) is 0 Å². The molecule has 26 heavy (non-hydrogen) atoms. The zero-order valence-electron chi connectivity index (χ0n) is 15.8. The maximum absolute atomic E-state index is 12.2. The fourth-order valence-electron chi connectivity index (χ4n) is 3.59. The van der Waals surface area contributed by atoms with Gasteiger partial charge in [0.2, 0.25) is 5.91 Å². The minimum atomic E-state index is 0.00399. The quantitative estimate of drug-likeness (QED) is 0.851. The third-order valence-electron chi connectivity index (χ3n) is 5.02. The van der Waals surface area contributed by atoms with Gasteiger partial charge in [-0.25, -0.2) is 0 Å². The Morgan fingerprint density at radius 2 is 1.65 bits per heavy atom. The topological polar surface area (TPSA) is 50.8 Å². The Kier molecular flexibility index (Phi) is 5.35. The Hall–Kier alpha value is -2.69. The number of hydrogen-bond donors (Lipinski definition) is 1. The smallest absolute Gasteiger partial charge is 0.225 e. The van der Waals surface area contributed by atoms with Crippen LogP contribution in [0.3, 0.4) is 0 Å². The summed E-state index contributed by atoms with van der Waals surface area (Å²) in [5.41, 5.74) is 4.17. The Morgan fingerprint density at radius 3 is 2.23 bits per heavy atom. The predicted molar refractivity (Wildman–Crippen MR) is 105 cm³/mol. The molecule has 1 amide bonds. The summed E-state index contributed by atoms with van der Waals surface area (Å²) in [7, 11) is 3.22. The average Bonchev–Trinajstić information content (AvgIpc) is 2.67. The molecule has 0 radical (unpaired) electrons. The first-order valence-corrected chi connectivity index (χ1v) is 9.01. The molecule has 5 heteroatoms. The third-order valence-corrected chi connectivity index (χ3v) is 5.02. The van der Waals surface area contributed by atoms with Crippen LogP contribution < -0.4 is 19.7 Å². The Balaban J connectivity index is 2.00. The molecule has 0 aromatic heterocycles. The molecule has 0 bridgehead atoms. The minimum Gasteiger partial charge on any atom is -0.493 e. The maximum atomic E-state index is 12.2. The first kappa shape index (κ1) is 18.1. The van der Waals surface area contributed by atoms with Crippen LogP contribution in [0.15, 0.2) is 36.4 Å². The Labute approximate surface area is 154 Å². The van der Waals surface area contributed by atoms with Gasteiger partial charge in [-0.15, -0.1) is 0 Å². The number of benzene rings is 2. The molecule has 1 aliphatic rings. The molecule has 2 aromatic rings. The summed E-state index contributed by atoms with van der Waals surface area (Å²) in [4.78, 5) is 14.5. The van der Waals surface area contributed by atoms with E-state index < -0.39 is 0 Å². The first-order valence-electron chi connectivity index (χ1n) is 9.01. The highest BCUT2D eigenvalue weighted by Gasteiger charge is 2.28. The lowest BCUT2D eigenvalue weighted by Gasteiger charge is -2.28. The average molecular weight is 354 g/mol. The molecule has 138 valence electrons. The van der Waals surface area contributed by atoms with E-state index in [1.807, 2.05) is 12.1 Å². The summed E-state index contributed by atoms with van der Waals surface area (Å²) in [6.45, 7) is 6.25. The number of carbonyl (C=O) groups excluding carboxylic acids is 1.